The lowest BCUT2D eigenvalue weighted by Crippen LogP contribution is -1.94. The van der Waals surface area contributed by atoms with Crippen molar-refractivity contribution in [3.05, 3.63) is 47.4 Å². The number of thioether (sulfide) groups is 1. The zero-order valence-corrected chi connectivity index (χ0v) is 12.2. The van der Waals surface area contributed by atoms with Gasteiger partial charge in [0, 0.05) is 19.0 Å². The average molecular weight is 307 g/mol. The smallest absolute Gasteiger partial charge is 0.200 e. The first kappa shape index (κ1) is 13.2. The highest BCUT2D eigenvalue weighted by Crippen LogP contribution is 2.25. The highest BCUT2D eigenvalue weighted by molar-refractivity contribution is 7.98. The summed E-state index contributed by atoms with van der Waals surface area (Å²) in [4.78, 5) is 4.05. The zero-order chi connectivity index (χ0) is 13.9. The lowest BCUT2D eigenvalue weighted by molar-refractivity contribution is 0.572. The summed E-state index contributed by atoms with van der Waals surface area (Å²) >= 11 is 7.35. The van der Waals surface area contributed by atoms with Gasteiger partial charge in [-0.3, -0.25) is 0 Å². The Labute approximate surface area is 125 Å². The molecule has 0 amide bonds. The van der Waals surface area contributed by atoms with Crippen molar-refractivity contribution in [1.82, 2.24) is 19.7 Å². The third-order valence-electron chi connectivity index (χ3n) is 2.73. The van der Waals surface area contributed by atoms with E-state index in [1.165, 1.54) is 0 Å². The van der Waals surface area contributed by atoms with Crippen molar-refractivity contribution >= 4 is 23.4 Å². The van der Waals surface area contributed by atoms with Crippen LogP contribution in [0.15, 0.2) is 46.3 Å². The number of pyridine rings is 1. The van der Waals surface area contributed by atoms with Gasteiger partial charge in [0.05, 0.1) is 6.26 Å². The molecule has 7 heteroatoms. The molecule has 0 bridgehead atoms. The van der Waals surface area contributed by atoms with Crippen LogP contribution in [0.4, 0.5) is 0 Å². The van der Waals surface area contributed by atoms with Gasteiger partial charge in [0.15, 0.2) is 16.7 Å². The van der Waals surface area contributed by atoms with Crippen LogP contribution in [0.2, 0.25) is 5.15 Å². The molecule has 0 spiro atoms. The van der Waals surface area contributed by atoms with E-state index in [4.69, 9.17) is 16.0 Å². The second-order valence-corrected chi connectivity index (χ2v) is 5.45. The van der Waals surface area contributed by atoms with E-state index in [1.807, 2.05) is 29.8 Å². The molecular formula is C13H11ClN4OS. The monoisotopic (exact) mass is 306 g/mol. The minimum atomic E-state index is 0.498. The molecule has 0 aromatic carbocycles. The number of nitrogens with zero attached hydrogens (tertiary/aromatic N) is 4. The van der Waals surface area contributed by atoms with Crippen molar-refractivity contribution in [2.45, 2.75) is 10.9 Å². The molecular weight excluding hydrogens is 296 g/mol. The summed E-state index contributed by atoms with van der Waals surface area (Å²) < 4.78 is 7.24. The fourth-order valence-electron chi connectivity index (χ4n) is 1.70. The Bertz CT molecular complexity index is 694. The molecule has 0 atom stereocenters. The molecule has 5 nitrogen and oxygen atoms in total. The van der Waals surface area contributed by atoms with Gasteiger partial charge >= 0.3 is 0 Å². The molecule has 102 valence electrons. The normalized spacial score (nSPS) is 10.9. The molecule has 20 heavy (non-hydrogen) atoms. The third-order valence-corrected chi connectivity index (χ3v) is 4.05. The minimum Gasteiger partial charge on any atom is -0.461 e. The first-order chi connectivity index (χ1) is 9.74. The SMILES string of the molecule is Cn1c(SCc2ccc(Cl)nc2)nnc1-c1ccco1. The molecule has 0 saturated carbocycles. The van der Waals surface area contributed by atoms with Crippen LogP contribution < -0.4 is 0 Å². The molecule has 0 aliphatic rings. The molecule has 0 radical (unpaired) electrons. The lowest BCUT2D eigenvalue weighted by atomic mass is 10.3. The van der Waals surface area contributed by atoms with Crippen LogP contribution in [0.25, 0.3) is 11.6 Å². The van der Waals surface area contributed by atoms with Crippen LogP contribution in [-0.4, -0.2) is 19.7 Å². The molecule has 0 aliphatic heterocycles. The van der Waals surface area contributed by atoms with E-state index < -0.39 is 0 Å². The maximum Gasteiger partial charge on any atom is 0.200 e. The van der Waals surface area contributed by atoms with Gasteiger partial charge in [0.1, 0.15) is 5.15 Å². The van der Waals surface area contributed by atoms with Crippen molar-refractivity contribution in [3.8, 4) is 11.6 Å². The summed E-state index contributed by atoms with van der Waals surface area (Å²) in [7, 11) is 1.92. The summed E-state index contributed by atoms with van der Waals surface area (Å²) in [6.07, 6.45) is 3.38. The van der Waals surface area contributed by atoms with Crippen LogP contribution in [0.5, 0.6) is 0 Å². The van der Waals surface area contributed by atoms with Gasteiger partial charge in [-0.05, 0) is 23.8 Å². The molecule has 3 rings (SSSR count). The van der Waals surface area contributed by atoms with Gasteiger partial charge in [-0.1, -0.05) is 29.4 Å². The summed E-state index contributed by atoms with van der Waals surface area (Å²) in [5.74, 6) is 2.18. The molecule has 0 unspecified atom stereocenters. The van der Waals surface area contributed by atoms with Crippen LogP contribution in [0.3, 0.4) is 0 Å². The average Bonchev–Trinajstić information content (AvgIpc) is 3.08. The maximum atomic E-state index is 5.76. The molecule has 3 aromatic heterocycles. The Morgan fingerprint density at radius 3 is 2.90 bits per heavy atom. The van der Waals surface area contributed by atoms with E-state index in [1.54, 1.807) is 30.3 Å². The van der Waals surface area contributed by atoms with Gasteiger partial charge in [0.25, 0.3) is 0 Å². The van der Waals surface area contributed by atoms with E-state index in [9.17, 15) is 0 Å². The fraction of sp³-hybridized carbons (Fsp3) is 0.154. The van der Waals surface area contributed by atoms with E-state index >= 15 is 0 Å². The van der Waals surface area contributed by atoms with Crippen LogP contribution >= 0.6 is 23.4 Å². The predicted octanol–water partition coefficient (Wildman–Crippen LogP) is 3.42. The van der Waals surface area contributed by atoms with E-state index in [-0.39, 0.29) is 0 Å². The Kier molecular flexibility index (Phi) is 3.75. The topological polar surface area (TPSA) is 56.7 Å². The molecule has 0 fully saturated rings. The Morgan fingerprint density at radius 2 is 2.20 bits per heavy atom. The number of hydrogen-bond donors (Lipinski definition) is 0. The molecule has 0 aliphatic carbocycles. The van der Waals surface area contributed by atoms with Gasteiger partial charge in [0.2, 0.25) is 0 Å². The number of rotatable bonds is 4. The zero-order valence-electron chi connectivity index (χ0n) is 10.7. The number of aromatic nitrogens is 4. The van der Waals surface area contributed by atoms with Crippen molar-refractivity contribution in [3.63, 3.8) is 0 Å². The molecule has 0 N–H and O–H groups in total. The standard InChI is InChI=1S/C13H11ClN4OS/c1-18-12(10-3-2-6-19-10)16-17-13(18)20-8-9-4-5-11(14)15-7-9/h2-7H,8H2,1H3. The molecule has 0 saturated heterocycles. The van der Waals surface area contributed by atoms with E-state index in [2.05, 4.69) is 15.2 Å². The number of furan rings is 1. The van der Waals surface area contributed by atoms with Gasteiger partial charge < -0.3 is 8.98 Å². The van der Waals surface area contributed by atoms with Crippen molar-refractivity contribution in [2.24, 2.45) is 7.05 Å². The first-order valence-electron chi connectivity index (χ1n) is 5.90. The first-order valence-corrected chi connectivity index (χ1v) is 7.27. The summed E-state index contributed by atoms with van der Waals surface area (Å²) in [5.41, 5.74) is 1.09. The summed E-state index contributed by atoms with van der Waals surface area (Å²) in [6, 6.07) is 7.42. The fourth-order valence-corrected chi connectivity index (χ4v) is 2.66. The Hall–Kier alpha value is -1.79. The largest absolute Gasteiger partial charge is 0.461 e. The van der Waals surface area contributed by atoms with Crippen LogP contribution in [0.1, 0.15) is 5.56 Å². The van der Waals surface area contributed by atoms with E-state index in [0.717, 1.165) is 16.5 Å². The predicted molar refractivity (Wildman–Crippen MR) is 77.5 cm³/mol. The van der Waals surface area contributed by atoms with Crippen molar-refractivity contribution < 1.29 is 4.42 Å². The van der Waals surface area contributed by atoms with Crippen molar-refractivity contribution in [1.29, 1.82) is 0 Å². The second-order valence-electron chi connectivity index (χ2n) is 4.12. The lowest BCUT2D eigenvalue weighted by Gasteiger charge is -2.02. The highest BCUT2D eigenvalue weighted by atomic mass is 35.5. The minimum absolute atomic E-state index is 0.498. The van der Waals surface area contributed by atoms with Crippen LogP contribution in [-0.2, 0) is 12.8 Å². The molecule has 3 aromatic rings. The second kappa shape index (κ2) is 5.68. The number of halogens is 1. The third kappa shape index (κ3) is 2.71. The quantitative estimate of drug-likeness (QED) is 0.546. The summed E-state index contributed by atoms with van der Waals surface area (Å²) in [5, 5.41) is 9.64. The van der Waals surface area contributed by atoms with Gasteiger partial charge in [-0.2, -0.15) is 0 Å². The Balaban J connectivity index is 1.74. The Morgan fingerprint density at radius 1 is 1.30 bits per heavy atom. The van der Waals surface area contributed by atoms with Crippen LogP contribution in [0, 0.1) is 0 Å². The molecule has 3 heterocycles. The van der Waals surface area contributed by atoms with Gasteiger partial charge in [-0.15, -0.1) is 10.2 Å². The highest BCUT2D eigenvalue weighted by Gasteiger charge is 2.13. The summed E-state index contributed by atoms with van der Waals surface area (Å²) in [6.45, 7) is 0. The van der Waals surface area contributed by atoms with Gasteiger partial charge in [-0.25, -0.2) is 4.98 Å². The number of hydrogen-bond acceptors (Lipinski definition) is 5. The van der Waals surface area contributed by atoms with Crippen molar-refractivity contribution in [2.75, 3.05) is 0 Å². The maximum absolute atomic E-state index is 5.76. The van der Waals surface area contributed by atoms with E-state index in [0.29, 0.717) is 16.7 Å².